The molecule has 0 amide bonds. The van der Waals surface area contributed by atoms with Crippen LogP contribution in [-0.4, -0.2) is 14.8 Å². The third-order valence-corrected chi connectivity index (χ3v) is 2.06. The van der Waals surface area contributed by atoms with Gasteiger partial charge in [0.1, 0.15) is 12.1 Å². The van der Waals surface area contributed by atoms with Gasteiger partial charge in [-0.1, -0.05) is 0 Å². The summed E-state index contributed by atoms with van der Waals surface area (Å²) < 4.78 is 6.85. The maximum Gasteiger partial charge on any atom is 0.193 e. The molecule has 0 saturated carbocycles. The first-order valence-corrected chi connectivity index (χ1v) is 4.91. The molecule has 2 aromatic heterocycles. The zero-order chi connectivity index (χ0) is 10.7. The highest BCUT2D eigenvalue weighted by molar-refractivity contribution is 6.28. The van der Waals surface area contributed by atoms with E-state index in [2.05, 4.69) is 15.4 Å². The highest BCUT2D eigenvalue weighted by Crippen LogP contribution is 2.12. The zero-order valence-electron chi connectivity index (χ0n) is 8.27. The minimum absolute atomic E-state index is 0.405. The van der Waals surface area contributed by atoms with E-state index in [9.17, 15) is 0 Å². The van der Waals surface area contributed by atoms with Crippen LogP contribution in [0.15, 0.2) is 22.9 Å². The number of nitrogens with zero attached hydrogens (tertiary/aromatic N) is 3. The standard InChI is InChI=1S/C9H11ClN4O/c1-14-6-12-9(13-14)5-11-4-7-2-3-8(10)15-7/h2-3,6,11H,4-5H2,1H3. The van der Waals surface area contributed by atoms with E-state index in [4.69, 9.17) is 16.0 Å². The van der Waals surface area contributed by atoms with Gasteiger partial charge in [-0.25, -0.2) is 4.98 Å². The lowest BCUT2D eigenvalue weighted by Crippen LogP contribution is -2.13. The molecular formula is C9H11ClN4O. The Hall–Kier alpha value is -1.33. The Kier molecular flexibility index (Phi) is 3.03. The molecule has 5 nitrogen and oxygen atoms in total. The molecule has 15 heavy (non-hydrogen) atoms. The highest BCUT2D eigenvalue weighted by Gasteiger charge is 2.01. The molecule has 0 bridgehead atoms. The lowest BCUT2D eigenvalue weighted by molar-refractivity contribution is 0.481. The molecule has 0 aliphatic rings. The summed E-state index contributed by atoms with van der Waals surface area (Å²) in [7, 11) is 1.84. The van der Waals surface area contributed by atoms with Crippen LogP contribution >= 0.6 is 11.6 Å². The van der Waals surface area contributed by atoms with E-state index in [1.165, 1.54) is 0 Å². The first-order valence-electron chi connectivity index (χ1n) is 4.53. The summed E-state index contributed by atoms with van der Waals surface area (Å²) >= 11 is 5.64. The number of halogens is 1. The minimum atomic E-state index is 0.405. The third kappa shape index (κ3) is 2.81. The number of nitrogens with one attached hydrogen (secondary N) is 1. The number of furan rings is 1. The van der Waals surface area contributed by atoms with Gasteiger partial charge >= 0.3 is 0 Å². The number of hydrogen-bond acceptors (Lipinski definition) is 4. The molecule has 6 heteroatoms. The molecule has 0 aromatic carbocycles. The zero-order valence-corrected chi connectivity index (χ0v) is 9.03. The second-order valence-electron chi connectivity index (χ2n) is 3.14. The van der Waals surface area contributed by atoms with Crippen LogP contribution in [0.1, 0.15) is 11.6 Å². The first kappa shape index (κ1) is 10.2. The number of rotatable bonds is 4. The largest absolute Gasteiger partial charge is 0.448 e. The molecule has 0 spiro atoms. The van der Waals surface area contributed by atoms with E-state index in [1.807, 2.05) is 13.1 Å². The molecule has 0 aliphatic carbocycles. The van der Waals surface area contributed by atoms with E-state index < -0.39 is 0 Å². The number of aryl methyl sites for hydroxylation is 1. The molecule has 0 radical (unpaired) electrons. The summed E-state index contributed by atoms with van der Waals surface area (Å²) in [6.07, 6.45) is 1.67. The fourth-order valence-corrected chi connectivity index (χ4v) is 1.37. The summed E-state index contributed by atoms with van der Waals surface area (Å²) in [5.74, 6) is 1.56. The molecule has 1 N–H and O–H groups in total. The molecule has 2 rings (SSSR count). The van der Waals surface area contributed by atoms with Crippen molar-refractivity contribution in [3.8, 4) is 0 Å². The highest BCUT2D eigenvalue weighted by atomic mass is 35.5. The Bertz CT molecular complexity index is 397. The summed E-state index contributed by atoms with van der Waals surface area (Å²) in [5, 5.41) is 7.69. The van der Waals surface area contributed by atoms with E-state index >= 15 is 0 Å². The Labute approximate surface area is 92.1 Å². The Morgan fingerprint density at radius 3 is 2.93 bits per heavy atom. The summed E-state index contributed by atoms with van der Waals surface area (Å²) in [6, 6.07) is 3.55. The molecular weight excluding hydrogens is 216 g/mol. The van der Waals surface area contributed by atoms with Gasteiger partial charge in [-0.3, -0.25) is 4.68 Å². The molecule has 0 atom stereocenters. The summed E-state index contributed by atoms with van der Waals surface area (Å²) in [4.78, 5) is 4.08. The van der Waals surface area contributed by atoms with Crippen molar-refractivity contribution in [1.82, 2.24) is 20.1 Å². The topological polar surface area (TPSA) is 55.9 Å². The van der Waals surface area contributed by atoms with Gasteiger partial charge in [-0.15, -0.1) is 0 Å². The lowest BCUT2D eigenvalue weighted by Gasteiger charge is -1.97. The van der Waals surface area contributed by atoms with Crippen LogP contribution in [0.5, 0.6) is 0 Å². The SMILES string of the molecule is Cn1cnc(CNCc2ccc(Cl)o2)n1. The maximum absolute atomic E-state index is 5.64. The average molecular weight is 227 g/mol. The van der Waals surface area contributed by atoms with Crippen LogP contribution in [-0.2, 0) is 20.1 Å². The summed E-state index contributed by atoms with van der Waals surface area (Å²) in [6.45, 7) is 1.23. The van der Waals surface area contributed by atoms with Gasteiger partial charge < -0.3 is 9.73 Å². The fourth-order valence-electron chi connectivity index (χ4n) is 1.21. The predicted molar refractivity (Wildman–Crippen MR) is 55.3 cm³/mol. The minimum Gasteiger partial charge on any atom is -0.448 e. The van der Waals surface area contributed by atoms with E-state index in [1.54, 1.807) is 17.1 Å². The van der Waals surface area contributed by atoms with Crippen LogP contribution < -0.4 is 5.32 Å². The lowest BCUT2D eigenvalue weighted by atomic mass is 10.4. The Morgan fingerprint density at radius 2 is 2.33 bits per heavy atom. The van der Waals surface area contributed by atoms with E-state index in [0.717, 1.165) is 11.6 Å². The van der Waals surface area contributed by atoms with E-state index in [0.29, 0.717) is 18.3 Å². The van der Waals surface area contributed by atoms with Crippen LogP contribution in [0.3, 0.4) is 0 Å². The molecule has 2 aromatic rings. The first-order chi connectivity index (χ1) is 7.24. The average Bonchev–Trinajstić information content (AvgIpc) is 2.76. The van der Waals surface area contributed by atoms with Gasteiger partial charge in [0.15, 0.2) is 11.0 Å². The van der Waals surface area contributed by atoms with Gasteiger partial charge in [0.2, 0.25) is 0 Å². The molecule has 2 heterocycles. The van der Waals surface area contributed by atoms with Gasteiger partial charge in [-0.05, 0) is 23.7 Å². The van der Waals surface area contributed by atoms with Crippen molar-refractivity contribution in [2.24, 2.45) is 7.05 Å². The van der Waals surface area contributed by atoms with Gasteiger partial charge in [0.25, 0.3) is 0 Å². The molecule has 0 unspecified atom stereocenters. The number of hydrogen-bond donors (Lipinski definition) is 1. The third-order valence-electron chi connectivity index (χ3n) is 1.86. The van der Waals surface area contributed by atoms with Crippen molar-refractivity contribution >= 4 is 11.6 Å². The Balaban J connectivity index is 1.80. The van der Waals surface area contributed by atoms with Crippen molar-refractivity contribution < 1.29 is 4.42 Å². The molecule has 80 valence electrons. The smallest absolute Gasteiger partial charge is 0.193 e. The predicted octanol–water partition coefficient (Wildman–Crippen LogP) is 1.35. The second-order valence-corrected chi connectivity index (χ2v) is 3.52. The quantitative estimate of drug-likeness (QED) is 0.855. The van der Waals surface area contributed by atoms with Gasteiger partial charge in [0.05, 0.1) is 13.1 Å². The monoisotopic (exact) mass is 226 g/mol. The fraction of sp³-hybridized carbons (Fsp3) is 0.333. The molecule has 0 aliphatic heterocycles. The van der Waals surface area contributed by atoms with Crippen molar-refractivity contribution in [2.45, 2.75) is 13.1 Å². The van der Waals surface area contributed by atoms with Crippen molar-refractivity contribution in [1.29, 1.82) is 0 Å². The second kappa shape index (κ2) is 4.46. The molecule has 0 saturated heterocycles. The van der Waals surface area contributed by atoms with E-state index in [-0.39, 0.29) is 0 Å². The van der Waals surface area contributed by atoms with Crippen LogP contribution in [0.25, 0.3) is 0 Å². The Morgan fingerprint density at radius 1 is 1.47 bits per heavy atom. The van der Waals surface area contributed by atoms with Gasteiger partial charge in [-0.2, -0.15) is 5.10 Å². The number of aromatic nitrogens is 3. The summed E-state index contributed by atoms with van der Waals surface area (Å²) in [5.41, 5.74) is 0. The van der Waals surface area contributed by atoms with Crippen LogP contribution in [0.4, 0.5) is 0 Å². The van der Waals surface area contributed by atoms with Gasteiger partial charge in [0, 0.05) is 7.05 Å². The van der Waals surface area contributed by atoms with Crippen molar-refractivity contribution in [3.05, 3.63) is 35.3 Å². The normalized spacial score (nSPS) is 10.8. The van der Waals surface area contributed by atoms with Crippen LogP contribution in [0, 0.1) is 0 Å². The van der Waals surface area contributed by atoms with Crippen molar-refractivity contribution in [2.75, 3.05) is 0 Å². The van der Waals surface area contributed by atoms with Crippen molar-refractivity contribution in [3.63, 3.8) is 0 Å². The maximum atomic E-state index is 5.64. The molecule has 0 fully saturated rings. The van der Waals surface area contributed by atoms with Crippen LogP contribution in [0.2, 0.25) is 5.22 Å².